The number of carbonyl (C=O) groups excluding carboxylic acids is 1. The molecule has 0 aromatic heterocycles. The van der Waals surface area contributed by atoms with Crippen molar-refractivity contribution in [2.45, 2.75) is 32.8 Å². The number of hydrogen-bond donors (Lipinski definition) is 1. The topological polar surface area (TPSA) is 66.4 Å². The zero-order valence-electron chi connectivity index (χ0n) is 15.4. The summed E-state index contributed by atoms with van der Waals surface area (Å²) in [5.41, 5.74) is -0.472. The SMILES string of the molecule is CN=C(NCCN(C)C(=O)OC(C)(C)C)N1CCC(COC)C1. The van der Waals surface area contributed by atoms with Crippen LogP contribution in [0.1, 0.15) is 27.2 Å². The maximum absolute atomic E-state index is 11.9. The van der Waals surface area contributed by atoms with Crippen LogP contribution in [0.25, 0.3) is 0 Å². The van der Waals surface area contributed by atoms with Crippen molar-refractivity contribution >= 4 is 12.1 Å². The van der Waals surface area contributed by atoms with E-state index in [2.05, 4.69) is 15.2 Å². The van der Waals surface area contributed by atoms with Crippen molar-refractivity contribution in [2.75, 3.05) is 54.0 Å². The van der Waals surface area contributed by atoms with Crippen LogP contribution < -0.4 is 5.32 Å². The van der Waals surface area contributed by atoms with Crippen LogP contribution in [0.2, 0.25) is 0 Å². The van der Waals surface area contributed by atoms with Crippen molar-refractivity contribution in [3.05, 3.63) is 0 Å². The maximum Gasteiger partial charge on any atom is 0.410 e. The maximum atomic E-state index is 11.9. The zero-order valence-corrected chi connectivity index (χ0v) is 15.4. The van der Waals surface area contributed by atoms with Crippen LogP contribution in [0.5, 0.6) is 0 Å². The van der Waals surface area contributed by atoms with Gasteiger partial charge in [-0.15, -0.1) is 0 Å². The number of methoxy groups -OCH3 is 1. The first-order valence-electron chi connectivity index (χ1n) is 8.15. The molecule has 134 valence electrons. The number of likely N-dealkylation sites (N-methyl/N-ethyl adjacent to an activating group) is 1. The first-order chi connectivity index (χ1) is 10.8. The smallest absolute Gasteiger partial charge is 0.410 e. The second-order valence-electron chi connectivity index (χ2n) is 6.93. The number of hydrogen-bond acceptors (Lipinski definition) is 4. The molecule has 23 heavy (non-hydrogen) atoms. The van der Waals surface area contributed by atoms with E-state index in [-0.39, 0.29) is 6.09 Å². The molecule has 0 spiro atoms. The molecule has 1 heterocycles. The van der Waals surface area contributed by atoms with Gasteiger partial charge in [0.25, 0.3) is 0 Å². The summed E-state index contributed by atoms with van der Waals surface area (Å²) >= 11 is 0. The van der Waals surface area contributed by atoms with E-state index in [1.54, 1.807) is 26.1 Å². The van der Waals surface area contributed by atoms with Crippen molar-refractivity contribution in [3.63, 3.8) is 0 Å². The number of likely N-dealkylation sites (tertiary alicyclic amines) is 1. The lowest BCUT2D eigenvalue weighted by Crippen LogP contribution is -2.44. The van der Waals surface area contributed by atoms with Gasteiger partial charge in [0.15, 0.2) is 5.96 Å². The Hall–Kier alpha value is -1.50. The molecule has 1 atom stereocenters. The summed E-state index contributed by atoms with van der Waals surface area (Å²) < 4.78 is 10.5. The molecular weight excluding hydrogens is 296 g/mol. The van der Waals surface area contributed by atoms with Gasteiger partial charge in [0, 0.05) is 53.3 Å². The van der Waals surface area contributed by atoms with Gasteiger partial charge in [-0.2, -0.15) is 0 Å². The highest BCUT2D eigenvalue weighted by atomic mass is 16.6. The Kier molecular flexibility index (Phi) is 7.61. The minimum absolute atomic E-state index is 0.310. The lowest BCUT2D eigenvalue weighted by molar-refractivity contribution is 0.0302. The van der Waals surface area contributed by atoms with Gasteiger partial charge in [-0.3, -0.25) is 4.99 Å². The Morgan fingerprint density at radius 1 is 1.43 bits per heavy atom. The van der Waals surface area contributed by atoms with Crippen molar-refractivity contribution in [1.29, 1.82) is 0 Å². The van der Waals surface area contributed by atoms with Gasteiger partial charge in [0.2, 0.25) is 0 Å². The van der Waals surface area contributed by atoms with E-state index < -0.39 is 5.60 Å². The zero-order chi connectivity index (χ0) is 17.5. The number of nitrogens with zero attached hydrogens (tertiary/aromatic N) is 3. The summed E-state index contributed by atoms with van der Waals surface area (Å²) in [5.74, 6) is 1.43. The Balaban J connectivity index is 2.34. The summed E-state index contributed by atoms with van der Waals surface area (Å²) in [4.78, 5) is 20.0. The summed E-state index contributed by atoms with van der Waals surface area (Å²) in [6.45, 7) is 9.50. The van der Waals surface area contributed by atoms with Gasteiger partial charge < -0.3 is 24.6 Å². The van der Waals surface area contributed by atoms with Crippen molar-refractivity contribution in [2.24, 2.45) is 10.9 Å². The number of nitrogens with one attached hydrogen (secondary N) is 1. The lowest BCUT2D eigenvalue weighted by atomic mass is 10.1. The first kappa shape index (κ1) is 19.5. The number of guanidine groups is 1. The molecule has 0 bridgehead atoms. The highest BCUT2D eigenvalue weighted by Crippen LogP contribution is 2.16. The van der Waals surface area contributed by atoms with E-state index in [0.29, 0.717) is 19.0 Å². The van der Waals surface area contributed by atoms with E-state index in [1.165, 1.54) is 0 Å². The second kappa shape index (κ2) is 8.96. The summed E-state index contributed by atoms with van der Waals surface area (Å²) in [6, 6.07) is 0. The van der Waals surface area contributed by atoms with Crippen molar-refractivity contribution in [3.8, 4) is 0 Å². The standard InChI is InChI=1S/C16H32N4O3/c1-16(2,3)23-15(21)19(5)10-8-18-14(17-4)20-9-7-13(11-20)12-22-6/h13H,7-12H2,1-6H3,(H,17,18). The van der Waals surface area contributed by atoms with Crippen LogP contribution in [0.15, 0.2) is 4.99 Å². The number of rotatable bonds is 5. The number of carbonyl (C=O) groups is 1. The average molecular weight is 328 g/mol. The van der Waals surface area contributed by atoms with E-state index in [4.69, 9.17) is 9.47 Å². The quantitative estimate of drug-likeness (QED) is 0.610. The van der Waals surface area contributed by atoms with Gasteiger partial charge >= 0.3 is 6.09 Å². The molecule has 0 aliphatic carbocycles. The molecule has 1 amide bonds. The highest BCUT2D eigenvalue weighted by Gasteiger charge is 2.25. The molecule has 1 fully saturated rings. The third-order valence-corrected chi connectivity index (χ3v) is 3.64. The van der Waals surface area contributed by atoms with Crippen LogP contribution in [0.3, 0.4) is 0 Å². The largest absolute Gasteiger partial charge is 0.444 e. The molecule has 0 radical (unpaired) electrons. The van der Waals surface area contributed by atoms with Crippen LogP contribution >= 0.6 is 0 Å². The van der Waals surface area contributed by atoms with Gasteiger partial charge in [-0.25, -0.2) is 4.79 Å². The summed E-state index contributed by atoms with van der Waals surface area (Å²) in [7, 11) is 5.26. The third kappa shape index (κ3) is 7.07. The molecule has 1 N–H and O–H groups in total. The molecule has 0 aromatic carbocycles. The predicted octanol–water partition coefficient (Wildman–Crippen LogP) is 1.40. The molecule has 7 heteroatoms. The molecular formula is C16H32N4O3. The summed E-state index contributed by atoms with van der Waals surface area (Å²) in [6.07, 6.45) is 0.808. The van der Waals surface area contributed by atoms with Crippen LogP contribution in [-0.4, -0.2) is 81.4 Å². The molecule has 1 aliphatic heterocycles. The first-order valence-corrected chi connectivity index (χ1v) is 8.15. The molecule has 0 aromatic rings. The monoisotopic (exact) mass is 328 g/mol. The average Bonchev–Trinajstić information content (AvgIpc) is 2.90. The van der Waals surface area contributed by atoms with Gasteiger partial charge in [0.1, 0.15) is 5.60 Å². The van der Waals surface area contributed by atoms with E-state index in [9.17, 15) is 4.79 Å². The van der Waals surface area contributed by atoms with Crippen molar-refractivity contribution in [1.82, 2.24) is 15.1 Å². The van der Waals surface area contributed by atoms with Gasteiger partial charge in [-0.1, -0.05) is 0 Å². The lowest BCUT2D eigenvalue weighted by Gasteiger charge is -2.26. The van der Waals surface area contributed by atoms with Crippen molar-refractivity contribution < 1.29 is 14.3 Å². The highest BCUT2D eigenvalue weighted by molar-refractivity contribution is 5.80. The van der Waals surface area contributed by atoms with Crippen LogP contribution in [0.4, 0.5) is 4.79 Å². The second-order valence-corrected chi connectivity index (χ2v) is 6.93. The Morgan fingerprint density at radius 3 is 2.70 bits per heavy atom. The van der Waals surface area contributed by atoms with Gasteiger partial charge in [-0.05, 0) is 27.2 Å². The van der Waals surface area contributed by atoms with Gasteiger partial charge in [0.05, 0.1) is 6.61 Å². The van der Waals surface area contributed by atoms with E-state index in [0.717, 1.165) is 32.1 Å². The molecule has 1 aliphatic rings. The van der Waals surface area contributed by atoms with E-state index >= 15 is 0 Å². The molecule has 7 nitrogen and oxygen atoms in total. The number of ether oxygens (including phenoxy) is 2. The van der Waals surface area contributed by atoms with E-state index in [1.807, 2.05) is 20.8 Å². The summed E-state index contributed by atoms with van der Waals surface area (Å²) in [5, 5.41) is 3.31. The number of aliphatic imine (C=N–C) groups is 1. The minimum atomic E-state index is -0.472. The predicted molar refractivity (Wildman–Crippen MR) is 91.8 cm³/mol. The fourth-order valence-electron chi connectivity index (χ4n) is 2.50. The van der Waals surface area contributed by atoms with Crippen LogP contribution in [0, 0.1) is 5.92 Å². The minimum Gasteiger partial charge on any atom is -0.444 e. The fraction of sp³-hybridized carbons (Fsp3) is 0.875. The molecule has 0 saturated carbocycles. The number of amides is 1. The normalized spacial score (nSPS) is 19.0. The third-order valence-electron chi connectivity index (χ3n) is 3.64. The molecule has 1 rings (SSSR count). The Labute approximate surface area is 140 Å². The van der Waals surface area contributed by atoms with Crippen LogP contribution in [-0.2, 0) is 9.47 Å². The molecule has 1 saturated heterocycles. The molecule has 1 unspecified atom stereocenters. The Bertz CT molecular complexity index is 407. The Morgan fingerprint density at radius 2 is 2.13 bits per heavy atom. The fourth-order valence-corrected chi connectivity index (χ4v) is 2.50.